The van der Waals surface area contributed by atoms with Gasteiger partial charge >= 0.3 is 0 Å². The Balaban J connectivity index is 2.23. The van der Waals surface area contributed by atoms with Crippen molar-refractivity contribution in [2.24, 2.45) is 4.99 Å². The number of para-hydroxylation sites is 1. The molecule has 0 bridgehead atoms. The van der Waals surface area contributed by atoms with Crippen LogP contribution in [-0.2, 0) is 0 Å². The molecular formula is C11H10N2O. The molecule has 0 spiro atoms. The molecule has 2 aliphatic heterocycles. The van der Waals surface area contributed by atoms with Crippen LogP contribution >= 0.6 is 0 Å². The fourth-order valence-corrected chi connectivity index (χ4v) is 2.11. The molecule has 3 rings (SSSR count). The number of aliphatic imine (C=N–C) groups is 1. The van der Waals surface area contributed by atoms with E-state index in [2.05, 4.69) is 4.99 Å². The van der Waals surface area contributed by atoms with Crippen molar-refractivity contribution >= 4 is 17.5 Å². The zero-order valence-electron chi connectivity index (χ0n) is 7.66. The molecule has 0 aliphatic carbocycles. The van der Waals surface area contributed by atoms with Crippen LogP contribution in [0.15, 0.2) is 35.0 Å². The Bertz CT molecular complexity index is 448. The number of hydrogen-bond acceptors (Lipinski definition) is 2. The first kappa shape index (κ1) is 7.91. The van der Waals surface area contributed by atoms with E-state index in [4.69, 9.17) is 0 Å². The van der Waals surface area contributed by atoms with Crippen molar-refractivity contribution in [1.82, 2.24) is 0 Å². The summed E-state index contributed by atoms with van der Waals surface area (Å²) in [5, 5.41) is 12.0. The quantitative estimate of drug-likeness (QED) is 0.601. The number of fused-ring (bicyclic) bond motifs is 2. The summed E-state index contributed by atoms with van der Waals surface area (Å²) in [6.07, 6.45) is 2.62. The number of benzene rings is 1. The summed E-state index contributed by atoms with van der Waals surface area (Å²) >= 11 is 0. The molecule has 2 heterocycles. The largest absolute Gasteiger partial charge is 0.623 e. The molecule has 0 saturated heterocycles. The van der Waals surface area contributed by atoms with Crippen molar-refractivity contribution in [2.75, 3.05) is 6.54 Å². The summed E-state index contributed by atoms with van der Waals surface area (Å²) in [5.41, 5.74) is 3.93. The lowest BCUT2D eigenvalue weighted by molar-refractivity contribution is -0.720. The molecule has 0 aromatic heterocycles. The zero-order valence-corrected chi connectivity index (χ0v) is 7.66. The lowest BCUT2D eigenvalue weighted by atomic mass is 10.0. The number of nitrogens with zero attached hydrogens (tertiary/aromatic N) is 1. The molecule has 1 N–H and O–H groups in total. The van der Waals surface area contributed by atoms with Crippen molar-refractivity contribution in [3.05, 3.63) is 40.7 Å². The molecule has 3 nitrogen and oxygen atoms in total. The number of nitrogens with one attached hydrogen (secondary N) is 1. The highest BCUT2D eigenvalue weighted by atomic mass is 16.5. The van der Waals surface area contributed by atoms with E-state index in [9.17, 15) is 5.21 Å². The van der Waals surface area contributed by atoms with Crippen LogP contribution in [0.25, 0.3) is 5.57 Å². The fraction of sp³-hybridized carbons (Fsp3) is 0.182. The highest BCUT2D eigenvalue weighted by Crippen LogP contribution is 2.31. The maximum atomic E-state index is 11.9. The molecule has 1 unspecified atom stereocenters. The fourth-order valence-electron chi connectivity index (χ4n) is 2.11. The third-order valence-corrected chi connectivity index (χ3v) is 2.78. The number of hydroxylamine groups is 1. The van der Waals surface area contributed by atoms with Gasteiger partial charge in [-0.3, -0.25) is 4.99 Å². The summed E-state index contributed by atoms with van der Waals surface area (Å²) in [5.74, 6) is 0. The van der Waals surface area contributed by atoms with Crippen LogP contribution < -0.4 is 5.06 Å². The normalized spacial score (nSPS) is 23.6. The summed E-state index contributed by atoms with van der Waals surface area (Å²) in [7, 11) is 0. The number of allylic oxidation sites excluding steroid dienone is 1. The lowest BCUT2D eigenvalue weighted by Gasteiger charge is -2.18. The molecule has 1 aromatic rings. The Morgan fingerprint density at radius 3 is 3.07 bits per heavy atom. The topological polar surface area (TPSA) is 39.9 Å². The minimum Gasteiger partial charge on any atom is -0.623 e. The molecule has 0 fully saturated rings. The molecule has 2 aliphatic rings. The number of rotatable bonds is 0. The summed E-state index contributed by atoms with van der Waals surface area (Å²) in [4.78, 5) is 4.15. The Labute approximate surface area is 82.0 Å². The van der Waals surface area contributed by atoms with Crippen LogP contribution in [0.4, 0.5) is 5.69 Å². The molecule has 70 valence electrons. The van der Waals surface area contributed by atoms with Crippen LogP contribution in [0.3, 0.4) is 0 Å². The van der Waals surface area contributed by atoms with E-state index in [-0.39, 0.29) is 5.06 Å². The van der Waals surface area contributed by atoms with Gasteiger partial charge in [-0.05, 0) is 12.5 Å². The van der Waals surface area contributed by atoms with Crippen molar-refractivity contribution in [1.29, 1.82) is 0 Å². The van der Waals surface area contributed by atoms with Crippen molar-refractivity contribution in [2.45, 2.75) is 6.42 Å². The standard InChI is InChI=1S/C11H10N2O/c14-13-10-4-2-1-3-8(10)9-5-6-12-7-11(9)13/h1-4,7,13H,5-6H2. The van der Waals surface area contributed by atoms with Crippen molar-refractivity contribution in [3.63, 3.8) is 0 Å². The van der Waals surface area contributed by atoms with E-state index in [0.717, 1.165) is 29.9 Å². The molecule has 1 atom stereocenters. The first-order valence-corrected chi connectivity index (χ1v) is 4.75. The number of dihydropyridines is 1. The third kappa shape index (κ3) is 0.908. The predicted octanol–water partition coefficient (Wildman–Crippen LogP) is 0.900. The Kier molecular flexibility index (Phi) is 1.56. The van der Waals surface area contributed by atoms with Crippen molar-refractivity contribution in [3.8, 4) is 0 Å². The van der Waals surface area contributed by atoms with Crippen molar-refractivity contribution < 1.29 is 5.06 Å². The molecule has 0 amide bonds. The smallest absolute Gasteiger partial charge is 0.158 e. The second-order valence-corrected chi connectivity index (χ2v) is 3.55. The average molecular weight is 186 g/mol. The monoisotopic (exact) mass is 186 g/mol. The molecular weight excluding hydrogens is 176 g/mol. The number of quaternary nitrogens is 1. The second kappa shape index (κ2) is 2.77. The zero-order chi connectivity index (χ0) is 9.54. The van der Waals surface area contributed by atoms with Gasteiger partial charge in [0.2, 0.25) is 0 Å². The highest BCUT2D eigenvalue weighted by Gasteiger charge is 2.29. The highest BCUT2D eigenvalue weighted by molar-refractivity contribution is 5.94. The van der Waals surface area contributed by atoms with E-state index in [0.29, 0.717) is 0 Å². The van der Waals surface area contributed by atoms with Crippen LogP contribution in [0.1, 0.15) is 12.0 Å². The minimum absolute atomic E-state index is 0.138. The van der Waals surface area contributed by atoms with Gasteiger partial charge in [-0.15, -0.1) is 0 Å². The lowest BCUT2D eigenvalue weighted by Crippen LogP contribution is -2.99. The van der Waals surface area contributed by atoms with Gasteiger partial charge in [0.1, 0.15) is 5.69 Å². The SMILES string of the molecule is [O-][NH+]1C2=C(CCN=C2)c2ccccc21. The summed E-state index contributed by atoms with van der Waals surface area (Å²) in [6, 6.07) is 7.80. The summed E-state index contributed by atoms with van der Waals surface area (Å²) in [6.45, 7) is 0.806. The van der Waals surface area contributed by atoms with Gasteiger partial charge < -0.3 is 10.3 Å². The summed E-state index contributed by atoms with van der Waals surface area (Å²) < 4.78 is 0. The van der Waals surface area contributed by atoms with Crippen LogP contribution in [0, 0.1) is 5.21 Å². The molecule has 14 heavy (non-hydrogen) atoms. The van der Waals surface area contributed by atoms with Crippen LogP contribution in [0.2, 0.25) is 0 Å². The Morgan fingerprint density at radius 1 is 1.29 bits per heavy atom. The van der Waals surface area contributed by atoms with Gasteiger partial charge in [0.15, 0.2) is 5.70 Å². The average Bonchev–Trinajstić information content (AvgIpc) is 2.55. The molecule has 0 radical (unpaired) electrons. The van der Waals surface area contributed by atoms with Gasteiger partial charge in [-0.1, -0.05) is 12.1 Å². The first-order valence-electron chi connectivity index (χ1n) is 4.75. The molecule has 1 aromatic carbocycles. The van der Waals surface area contributed by atoms with E-state index in [1.54, 1.807) is 6.21 Å². The van der Waals surface area contributed by atoms with E-state index in [1.165, 1.54) is 5.57 Å². The number of hydrogen-bond donors (Lipinski definition) is 1. The van der Waals surface area contributed by atoms with E-state index >= 15 is 0 Å². The van der Waals surface area contributed by atoms with Crippen LogP contribution in [0.5, 0.6) is 0 Å². The van der Waals surface area contributed by atoms with Gasteiger partial charge in [-0.2, -0.15) is 0 Å². The predicted molar refractivity (Wildman–Crippen MR) is 55.3 cm³/mol. The maximum absolute atomic E-state index is 11.9. The third-order valence-electron chi connectivity index (χ3n) is 2.78. The maximum Gasteiger partial charge on any atom is 0.158 e. The Hall–Kier alpha value is -1.45. The molecule has 3 heteroatoms. The van der Waals surface area contributed by atoms with Gasteiger partial charge in [0, 0.05) is 23.7 Å². The van der Waals surface area contributed by atoms with E-state index < -0.39 is 0 Å². The Morgan fingerprint density at radius 2 is 2.14 bits per heavy atom. The first-order chi connectivity index (χ1) is 6.88. The van der Waals surface area contributed by atoms with E-state index in [1.807, 2.05) is 24.3 Å². The second-order valence-electron chi connectivity index (χ2n) is 3.55. The van der Waals surface area contributed by atoms with Gasteiger partial charge in [0.05, 0.1) is 6.21 Å². The molecule has 0 saturated carbocycles. The minimum atomic E-state index is 0.138. The van der Waals surface area contributed by atoms with Gasteiger partial charge in [0.25, 0.3) is 0 Å². The van der Waals surface area contributed by atoms with Crippen LogP contribution in [-0.4, -0.2) is 12.8 Å². The van der Waals surface area contributed by atoms with Gasteiger partial charge in [-0.25, -0.2) is 0 Å².